The molecule has 1 saturated heterocycles. The lowest BCUT2D eigenvalue weighted by atomic mass is 9.71. The SMILES string of the molecule is CC1(C)CCC[C@@H](CC(=O)N[C@@H](CC(N)=O)C2CCOCC2)C1. The predicted molar refractivity (Wildman–Crippen MR) is 89.6 cm³/mol. The first-order valence-electron chi connectivity index (χ1n) is 9.01. The van der Waals surface area contributed by atoms with E-state index in [2.05, 4.69) is 19.2 Å². The van der Waals surface area contributed by atoms with E-state index >= 15 is 0 Å². The van der Waals surface area contributed by atoms with Gasteiger partial charge in [-0.15, -0.1) is 0 Å². The summed E-state index contributed by atoms with van der Waals surface area (Å²) in [6, 6.07) is -0.138. The molecule has 3 N–H and O–H groups in total. The fraction of sp³-hybridized carbons (Fsp3) is 0.889. The van der Waals surface area contributed by atoms with Gasteiger partial charge in [0.25, 0.3) is 0 Å². The Hall–Kier alpha value is -1.10. The van der Waals surface area contributed by atoms with Crippen LogP contribution in [-0.2, 0) is 14.3 Å². The summed E-state index contributed by atoms with van der Waals surface area (Å²) in [6.07, 6.45) is 7.26. The highest BCUT2D eigenvalue weighted by Crippen LogP contribution is 2.39. The number of hydrogen-bond donors (Lipinski definition) is 2. The maximum Gasteiger partial charge on any atom is 0.220 e. The van der Waals surface area contributed by atoms with Crippen LogP contribution >= 0.6 is 0 Å². The molecule has 0 aromatic carbocycles. The van der Waals surface area contributed by atoms with Gasteiger partial charge in [0.2, 0.25) is 11.8 Å². The summed E-state index contributed by atoms with van der Waals surface area (Å²) in [6.45, 7) is 5.98. The van der Waals surface area contributed by atoms with Gasteiger partial charge in [-0.25, -0.2) is 0 Å². The van der Waals surface area contributed by atoms with Crippen LogP contribution in [0.15, 0.2) is 0 Å². The minimum Gasteiger partial charge on any atom is -0.381 e. The molecular weight excluding hydrogens is 292 g/mol. The van der Waals surface area contributed by atoms with Crippen molar-refractivity contribution in [2.24, 2.45) is 23.0 Å². The Balaban J connectivity index is 1.87. The fourth-order valence-electron chi connectivity index (χ4n) is 4.23. The average molecular weight is 324 g/mol. The van der Waals surface area contributed by atoms with Crippen molar-refractivity contribution in [1.29, 1.82) is 0 Å². The van der Waals surface area contributed by atoms with Gasteiger partial charge in [-0.1, -0.05) is 20.3 Å². The molecule has 1 aliphatic carbocycles. The molecule has 2 aliphatic rings. The Bertz CT molecular complexity index is 416. The van der Waals surface area contributed by atoms with E-state index in [9.17, 15) is 9.59 Å². The van der Waals surface area contributed by atoms with Gasteiger partial charge in [-0.3, -0.25) is 9.59 Å². The summed E-state index contributed by atoms with van der Waals surface area (Å²) in [7, 11) is 0. The second-order valence-corrected chi connectivity index (χ2v) is 8.12. The fourth-order valence-corrected chi connectivity index (χ4v) is 4.23. The quantitative estimate of drug-likeness (QED) is 0.787. The number of rotatable bonds is 6. The van der Waals surface area contributed by atoms with E-state index in [1.54, 1.807) is 0 Å². The van der Waals surface area contributed by atoms with E-state index in [0.717, 1.165) is 25.7 Å². The highest BCUT2D eigenvalue weighted by Gasteiger charge is 2.31. The smallest absolute Gasteiger partial charge is 0.220 e. The van der Waals surface area contributed by atoms with Crippen LogP contribution < -0.4 is 11.1 Å². The average Bonchev–Trinajstić information content (AvgIpc) is 2.46. The van der Waals surface area contributed by atoms with Gasteiger partial charge in [0.1, 0.15) is 0 Å². The van der Waals surface area contributed by atoms with Crippen molar-refractivity contribution in [3.8, 4) is 0 Å². The van der Waals surface area contributed by atoms with Crippen LogP contribution in [-0.4, -0.2) is 31.1 Å². The maximum atomic E-state index is 12.5. The second-order valence-electron chi connectivity index (χ2n) is 8.12. The first kappa shape index (κ1) is 18.2. The molecule has 0 aromatic rings. The van der Waals surface area contributed by atoms with Crippen molar-refractivity contribution < 1.29 is 14.3 Å². The normalized spacial score (nSPS) is 26.4. The molecule has 2 atom stereocenters. The number of hydrogen-bond acceptors (Lipinski definition) is 3. The van der Waals surface area contributed by atoms with Gasteiger partial charge in [0.15, 0.2) is 0 Å². The lowest BCUT2D eigenvalue weighted by Gasteiger charge is -2.35. The highest BCUT2D eigenvalue weighted by molar-refractivity contribution is 5.79. The molecule has 2 amide bonds. The van der Waals surface area contributed by atoms with Gasteiger partial charge in [-0.2, -0.15) is 0 Å². The zero-order chi connectivity index (χ0) is 16.9. The van der Waals surface area contributed by atoms with Crippen LogP contribution in [0.4, 0.5) is 0 Å². The first-order chi connectivity index (χ1) is 10.9. The Morgan fingerprint density at radius 2 is 1.96 bits per heavy atom. The number of nitrogens with one attached hydrogen (secondary N) is 1. The molecule has 2 rings (SSSR count). The lowest BCUT2D eigenvalue weighted by Crippen LogP contribution is -2.45. The van der Waals surface area contributed by atoms with E-state index < -0.39 is 0 Å². The predicted octanol–water partition coefficient (Wildman–Crippen LogP) is 2.38. The van der Waals surface area contributed by atoms with Crippen molar-refractivity contribution in [3.05, 3.63) is 0 Å². The third-order valence-electron chi connectivity index (χ3n) is 5.38. The maximum absolute atomic E-state index is 12.5. The topological polar surface area (TPSA) is 81.4 Å². The van der Waals surface area contributed by atoms with Crippen LogP contribution in [0.3, 0.4) is 0 Å². The summed E-state index contributed by atoms with van der Waals surface area (Å²) in [5, 5.41) is 3.10. The number of nitrogens with two attached hydrogens (primary N) is 1. The van der Waals surface area contributed by atoms with Crippen LogP contribution in [0.1, 0.15) is 65.2 Å². The van der Waals surface area contributed by atoms with Gasteiger partial charge < -0.3 is 15.8 Å². The molecule has 132 valence electrons. The van der Waals surface area contributed by atoms with Crippen molar-refractivity contribution >= 4 is 11.8 Å². The number of primary amides is 1. The van der Waals surface area contributed by atoms with E-state index in [1.807, 2.05) is 0 Å². The minimum absolute atomic E-state index is 0.0745. The molecule has 23 heavy (non-hydrogen) atoms. The van der Waals surface area contributed by atoms with E-state index in [0.29, 0.717) is 36.9 Å². The van der Waals surface area contributed by atoms with Crippen molar-refractivity contribution in [3.63, 3.8) is 0 Å². The van der Waals surface area contributed by atoms with Gasteiger partial charge >= 0.3 is 0 Å². The van der Waals surface area contributed by atoms with Crippen LogP contribution in [0.5, 0.6) is 0 Å². The summed E-state index contributed by atoms with van der Waals surface area (Å²) < 4.78 is 5.38. The molecule has 0 spiro atoms. The molecule has 2 fully saturated rings. The Morgan fingerprint density at radius 3 is 2.57 bits per heavy atom. The first-order valence-corrected chi connectivity index (χ1v) is 9.01. The molecule has 5 heteroatoms. The Morgan fingerprint density at radius 1 is 1.26 bits per heavy atom. The number of ether oxygens (including phenoxy) is 1. The van der Waals surface area contributed by atoms with Gasteiger partial charge in [-0.05, 0) is 49.4 Å². The van der Waals surface area contributed by atoms with E-state index in [-0.39, 0.29) is 24.3 Å². The molecule has 0 unspecified atom stereocenters. The van der Waals surface area contributed by atoms with Crippen LogP contribution in [0, 0.1) is 17.3 Å². The highest BCUT2D eigenvalue weighted by atomic mass is 16.5. The van der Waals surface area contributed by atoms with Gasteiger partial charge in [0.05, 0.1) is 0 Å². The molecule has 0 radical (unpaired) electrons. The van der Waals surface area contributed by atoms with Gasteiger partial charge in [0, 0.05) is 32.1 Å². The lowest BCUT2D eigenvalue weighted by molar-refractivity contribution is -0.124. The number of carbonyl (C=O) groups excluding carboxylic acids is 2. The molecule has 5 nitrogen and oxygen atoms in total. The molecule has 0 bridgehead atoms. The standard InChI is InChI=1S/C18H32N2O3/c1-18(2)7-3-4-13(12-18)10-17(22)20-15(11-16(19)21)14-5-8-23-9-6-14/h13-15H,3-12H2,1-2H3,(H2,19,21)(H,20,22)/t13-,15-/m0/s1. The largest absolute Gasteiger partial charge is 0.381 e. The zero-order valence-electron chi connectivity index (χ0n) is 14.6. The molecule has 1 aliphatic heterocycles. The Labute approximate surface area is 139 Å². The van der Waals surface area contributed by atoms with Crippen LogP contribution in [0.25, 0.3) is 0 Å². The third-order valence-corrected chi connectivity index (χ3v) is 5.38. The molecule has 1 heterocycles. The van der Waals surface area contributed by atoms with Crippen LogP contribution in [0.2, 0.25) is 0 Å². The summed E-state index contributed by atoms with van der Waals surface area (Å²) >= 11 is 0. The summed E-state index contributed by atoms with van der Waals surface area (Å²) in [5.41, 5.74) is 5.72. The van der Waals surface area contributed by atoms with E-state index in [4.69, 9.17) is 10.5 Å². The number of carbonyl (C=O) groups is 2. The second kappa shape index (κ2) is 8.13. The monoisotopic (exact) mass is 324 g/mol. The molecule has 1 saturated carbocycles. The minimum atomic E-state index is -0.347. The Kier molecular flexibility index (Phi) is 6.45. The van der Waals surface area contributed by atoms with Crippen molar-refractivity contribution in [2.75, 3.05) is 13.2 Å². The third kappa shape index (κ3) is 6.13. The van der Waals surface area contributed by atoms with Crippen molar-refractivity contribution in [2.45, 2.75) is 71.3 Å². The molecule has 0 aromatic heterocycles. The van der Waals surface area contributed by atoms with Crippen molar-refractivity contribution in [1.82, 2.24) is 5.32 Å². The molecular formula is C18H32N2O3. The number of amides is 2. The summed E-state index contributed by atoms with van der Waals surface area (Å²) in [5.74, 6) is 0.483. The van der Waals surface area contributed by atoms with E-state index in [1.165, 1.54) is 12.8 Å². The zero-order valence-corrected chi connectivity index (χ0v) is 14.6. The summed E-state index contributed by atoms with van der Waals surface area (Å²) in [4.78, 5) is 23.8.